The summed E-state index contributed by atoms with van der Waals surface area (Å²) >= 11 is 0. The molecule has 0 amide bonds. The fourth-order valence-electron chi connectivity index (χ4n) is 2.71. The number of carboxylic acid groups (broad SMARTS) is 1. The van der Waals surface area contributed by atoms with Crippen molar-refractivity contribution in [1.29, 1.82) is 0 Å². The third-order valence-electron chi connectivity index (χ3n) is 3.74. The molecule has 0 aliphatic carbocycles. The van der Waals surface area contributed by atoms with Gasteiger partial charge in [-0.15, -0.1) is 0 Å². The Morgan fingerprint density at radius 3 is 2.82 bits per heavy atom. The van der Waals surface area contributed by atoms with Crippen LogP contribution in [-0.2, 0) is 4.79 Å². The highest BCUT2D eigenvalue weighted by atomic mass is 16.4. The van der Waals surface area contributed by atoms with Crippen LogP contribution < -0.4 is 0 Å². The molecule has 100 valence electrons. The first-order valence-corrected chi connectivity index (χ1v) is 7.20. The van der Waals surface area contributed by atoms with Gasteiger partial charge < -0.3 is 10.0 Å². The summed E-state index contributed by atoms with van der Waals surface area (Å²) in [6.45, 7) is 4.58. The Morgan fingerprint density at radius 1 is 1.29 bits per heavy atom. The van der Waals surface area contributed by atoms with E-state index in [-0.39, 0.29) is 0 Å². The summed E-state index contributed by atoms with van der Waals surface area (Å²) in [6.07, 6.45) is 10.1. The average Bonchev–Trinajstić information content (AvgIpc) is 2.33. The number of likely N-dealkylation sites (tertiary alicyclic amines) is 1. The largest absolute Gasteiger partial charge is 0.481 e. The number of piperidine rings is 1. The van der Waals surface area contributed by atoms with Gasteiger partial charge in [0.25, 0.3) is 0 Å². The van der Waals surface area contributed by atoms with Crippen LogP contribution in [0.15, 0.2) is 0 Å². The molecule has 0 aromatic carbocycles. The molecule has 1 N–H and O–H groups in total. The summed E-state index contributed by atoms with van der Waals surface area (Å²) in [4.78, 5) is 13.2. The fraction of sp³-hybridized carbons (Fsp3) is 0.929. The predicted molar refractivity (Wildman–Crippen MR) is 70.2 cm³/mol. The first-order valence-electron chi connectivity index (χ1n) is 7.20. The summed E-state index contributed by atoms with van der Waals surface area (Å²) in [6, 6.07) is 0.529. The first-order chi connectivity index (χ1) is 8.24. The molecule has 1 rings (SSSR count). The van der Waals surface area contributed by atoms with Crippen molar-refractivity contribution in [3.8, 4) is 0 Å². The molecule has 3 nitrogen and oxygen atoms in total. The third kappa shape index (κ3) is 6.06. The fourth-order valence-corrected chi connectivity index (χ4v) is 2.71. The number of aliphatic carboxylic acids is 1. The summed E-state index contributed by atoms with van der Waals surface area (Å²) in [5.41, 5.74) is 0. The second kappa shape index (κ2) is 8.51. The molecule has 0 saturated carbocycles. The predicted octanol–water partition coefficient (Wildman–Crippen LogP) is 3.29. The summed E-state index contributed by atoms with van der Waals surface area (Å²) in [5, 5.41) is 8.76. The van der Waals surface area contributed by atoms with Crippen molar-refractivity contribution in [2.24, 2.45) is 0 Å². The molecular formula is C14H27NO2. The molecule has 0 bridgehead atoms. The van der Waals surface area contributed by atoms with Crippen LogP contribution in [0.5, 0.6) is 0 Å². The molecular weight excluding hydrogens is 214 g/mol. The van der Waals surface area contributed by atoms with Crippen molar-refractivity contribution < 1.29 is 9.90 Å². The molecule has 0 spiro atoms. The van der Waals surface area contributed by atoms with E-state index in [1.165, 1.54) is 58.0 Å². The molecule has 1 aliphatic rings. The smallest absolute Gasteiger partial charge is 0.303 e. The van der Waals surface area contributed by atoms with Crippen LogP contribution in [0.4, 0.5) is 0 Å². The van der Waals surface area contributed by atoms with Crippen molar-refractivity contribution in [3.63, 3.8) is 0 Å². The van der Waals surface area contributed by atoms with Gasteiger partial charge in [-0.3, -0.25) is 4.79 Å². The quantitative estimate of drug-likeness (QED) is 0.663. The Kier molecular flexibility index (Phi) is 7.25. The van der Waals surface area contributed by atoms with Gasteiger partial charge in [-0.05, 0) is 38.8 Å². The zero-order valence-electron chi connectivity index (χ0n) is 11.2. The van der Waals surface area contributed by atoms with E-state index in [1.54, 1.807) is 0 Å². The minimum atomic E-state index is -0.651. The van der Waals surface area contributed by atoms with Crippen LogP contribution in [0.1, 0.15) is 64.7 Å². The summed E-state index contributed by atoms with van der Waals surface area (Å²) in [7, 11) is 0. The molecule has 1 saturated heterocycles. The molecule has 1 heterocycles. The Bertz CT molecular complexity index is 218. The highest BCUT2D eigenvalue weighted by Crippen LogP contribution is 2.21. The maximum Gasteiger partial charge on any atom is 0.303 e. The van der Waals surface area contributed by atoms with Gasteiger partial charge in [-0.2, -0.15) is 0 Å². The molecule has 0 aromatic heterocycles. The monoisotopic (exact) mass is 241 g/mol. The number of hydrogen-bond donors (Lipinski definition) is 1. The second-order valence-corrected chi connectivity index (χ2v) is 5.18. The summed E-state index contributed by atoms with van der Waals surface area (Å²) in [5.74, 6) is -0.651. The maximum absolute atomic E-state index is 10.6. The number of nitrogens with zero attached hydrogens (tertiary/aromatic N) is 1. The van der Waals surface area contributed by atoms with Gasteiger partial charge in [-0.1, -0.05) is 32.6 Å². The molecule has 3 heteroatoms. The van der Waals surface area contributed by atoms with Gasteiger partial charge in [0.05, 0.1) is 0 Å². The zero-order chi connectivity index (χ0) is 12.5. The minimum absolute atomic E-state index is 0.329. The van der Waals surface area contributed by atoms with E-state index in [9.17, 15) is 4.79 Å². The van der Waals surface area contributed by atoms with Crippen LogP contribution in [0.25, 0.3) is 0 Å². The van der Waals surface area contributed by atoms with Crippen molar-refractivity contribution in [2.45, 2.75) is 70.8 Å². The normalized spacial score (nSPS) is 21.6. The van der Waals surface area contributed by atoms with E-state index < -0.39 is 5.97 Å². The van der Waals surface area contributed by atoms with Crippen molar-refractivity contribution in [2.75, 3.05) is 13.1 Å². The zero-order valence-corrected chi connectivity index (χ0v) is 11.2. The van der Waals surface area contributed by atoms with Crippen LogP contribution >= 0.6 is 0 Å². The van der Waals surface area contributed by atoms with Gasteiger partial charge in [0.1, 0.15) is 0 Å². The summed E-state index contributed by atoms with van der Waals surface area (Å²) < 4.78 is 0. The molecule has 0 aromatic rings. The van der Waals surface area contributed by atoms with Gasteiger partial charge in [0.2, 0.25) is 0 Å². The van der Waals surface area contributed by atoms with Crippen LogP contribution in [-0.4, -0.2) is 35.1 Å². The van der Waals surface area contributed by atoms with Crippen LogP contribution in [0.3, 0.4) is 0 Å². The van der Waals surface area contributed by atoms with Gasteiger partial charge in [0, 0.05) is 12.5 Å². The lowest BCUT2D eigenvalue weighted by Gasteiger charge is -2.35. The standard InChI is InChI=1S/C14H27NO2/c1-2-3-4-6-11-15-12-7-5-8-13(15)9-10-14(16)17/h13H,2-12H2,1H3,(H,16,17). The van der Waals surface area contributed by atoms with Crippen molar-refractivity contribution >= 4 is 5.97 Å². The number of carbonyl (C=O) groups is 1. The van der Waals surface area contributed by atoms with E-state index in [1.807, 2.05) is 0 Å². The Morgan fingerprint density at radius 2 is 2.12 bits per heavy atom. The van der Waals surface area contributed by atoms with Crippen LogP contribution in [0.2, 0.25) is 0 Å². The number of unbranched alkanes of at least 4 members (excludes halogenated alkanes) is 3. The molecule has 0 radical (unpaired) electrons. The number of rotatable bonds is 8. The van der Waals surface area contributed by atoms with E-state index in [0.29, 0.717) is 12.5 Å². The van der Waals surface area contributed by atoms with E-state index in [0.717, 1.165) is 6.42 Å². The lowest BCUT2D eigenvalue weighted by molar-refractivity contribution is -0.137. The second-order valence-electron chi connectivity index (χ2n) is 5.18. The van der Waals surface area contributed by atoms with Gasteiger partial charge >= 0.3 is 5.97 Å². The molecule has 17 heavy (non-hydrogen) atoms. The van der Waals surface area contributed by atoms with E-state index >= 15 is 0 Å². The maximum atomic E-state index is 10.6. The van der Waals surface area contributed by atoms with Crippen LogP contribution in [0, 0.1) is 0 Å². The molecule has 1 fully saturated rings. The number of carboxylic acids is 1. The Balaban J connectivity index is 2.24. The highest BCUT2D eigenvalue weighted by molar-refractivity contribution is 5.66. The molecule has 1 atom stereocenters. The Labute approximate surface area is 105 Å². The third-order valence-corrected chi connectivity index (χ3v) is 3.74. The molecule has 1 unspecified atom stereocenters. The lowest BCUT2D eigenvalue weighted by Crippen LogP contribution is -2.40. The lowest BCUT2D eigenvalue weighted by atomic mass is 9.97. The van der Waals surface area contributed by atoms with Crippen molar-refractivity contribution in [1.82, 2.24) is 4.90 Å². The van der Waals surface area contributed by atoms with Crippen molar-refractivity contribution in [3.05, 3.63) is 0 Å². The Hall–Kier alpha value is -0.570. The topological polar surface area (TPSA) is 40.5 Å². The SMILES string of the molecule is CCCCCCN1CCCCC1CCC(=O)O. The van der Waals surface area contributed by atoms with E-state index in [4.69, 9.17) is 5.11 Å². The van der Waals surface area contributed by atoms with E-state index in [2.05, 4.69) is 11.8 Å². The first kappa shape index (κ1) is 14.5. The minimum Gasteiger partial charge on any atom is -0.481 e. The average molecular weight is 241 g/mol. The highest BCUT2D eigenvalue weighted by Gasteiger charge is 2.22. The van der Waals surface area contributed by atoms with Gasteiger partial charge in [-0.25, -0.2) is 0 Å². The van der Waals surface area contributed by atoms with Gasteiger partial charge in [0.15, 0.2) is 0 Å². The number of hydrogen-bond acceptors (Lipinski definition) is 2. The molecule has 1 aliphatic heterocycles.